The second kappa shape index (κ2) is 6.79. The van der Waals surface area contributed by atoms with Gasteiger partial charge in [-0.2, -0.15) is 0 Å². The number of aromatic nitrogens is 1. The number of hydrogen-bond donors (Lipinski definition) is 2. The van der Waals surface area contributed by atoms with E-state index >= 15 is 0 Å². The molecule has 0 atom stereocenters. The number of rotatable bonds is 2. The Morgan fingerprint density at radius 3 is 2.67 bits per heavy atom. The fraction of sp³-hybridized carbons (Fsp3) is 0.333. The molecule has 0 spiro atoms. The number of piperidine rings is 1. The van der Waals surface area contributed by atoms with Gasteiger partial charge < -0.3 is 15.3 Å². The van der Waals surface area contributed by atoms with Crippen molar-refractivity contribution in [3.63, 3.8) is 0 Å². The molecule has 2 heterocycles. The molecule has 2 aromatic rings. The van der Waals surface area contributed by atoms with Crippen LogP contribution < -0.4 is 5.32 Å². The van der Waals surface area contributed by atoms with Crippen LogP contribution >= 0.6 is 11.6 Å². The van der Waals surface area contributed by atoms with Crippen LogP contribution in [-0.4, -0.2) is 34.1 Å². The van der Waals surface area contributed by atoms with Gasteiger partial charge in [-0.25, -0.2) is 4.79 Å². The van der Waals surface area contributed by atoms with Crippen molar-refractivity contribution in [2.75, 3.05) is 18.4 Å². The summed E-state index contributed by atoms with van der Waals surface area (Å²) in [4.78, 5) is 18.4. The van der Waals surface area contributed by atoms with Gasteiger partial charge >= 0.3 is 6.03 Å². The summed E-state index contributed by atoms with van der Waals surface area (Å²) in [5, 5.41) is 14.2. The third kappa shape index (κ3) is 3.68. The van der Waals surface area contributed by atoms with Crippen molar-refractivity contribution in [3.05, 3.63) is 58.9 Å². The minimum absolute atomic E-state index is 0.184. The summed E-state index contributed by atoms with van der Waals surface area (Å²) in [6.45, 7) is 2.90. The monoisotopic (exact) mass is 345 g/mol. The van der Waals surface area contributed by atoms with E-state index in [9.17, 15) is 9.90 Å². The molecular weight excluding hydrogens is 326 g/mol. The lowest BCUT2D eigenvalue weighted by molar-refractivity contribution is -0.0193. The largest absolute Gasteiger partial charge is 0.383 e. The Hall–Kier alpha value is -2.11. The normalized spacial score (nSPS) is 16.7. The molecule has 0 unspecified atom stereocenters. The van der Waals surface area contributed by atoms with E-state index in [0.717, 1.165) is 5.56 Å². The van der Waals surface area contributed by atoms with Crippen LogP contribution in [-0.2, 0) is 5.60 Å². The van der Waals surface area contributed by atoms with Gasteiger partial charge in [-0.3, -0.25) is 4.98 Å². The Labute approximate surface area is 146 Å². The van der Waals surface area contributed by atoms with Crippen LogP contribution in [0.1, 0.15) is 24.1 Å². The van der Waals surface area contributed by atoms with E-state index in [1.165, 1.54) is 0 Å². The van der Waals surface area contributed by atoms with Crippen LogP contribution in [0.2, 0.25) is 5.02 Å². The minimum Gasteiger partial charge on any atom is -0.383 e. The van der Waals surface area contributed by atoms with Crippen LogP contribution in [0.25, 0.3) is 0 Å². The van der Waals surface area contributed by atoms with Crippen molar-refractivity contribution < 1.29 is 9.90 Å². The summed E-state index contributed by atoms with van der Waals surface area (Å²) in [6.07, 6.45) is 2.68. The molecule has 1 fully saturated rings. The van der Waals surface area contributed by atoms with Crippen LogP contribution in [0.15, 0.2) is 42.6 Å². The first-order valence-corrected chi connectivity index (χ1v) is 8.31. The highest BCUT2D eigenvalue weighted by Crippen LogP contribution is 2.31. The predicted octanol–water partition coefficient (Wildman–Crippen LogP) is 3.56. The van der Waals surface area contributed by atoms with Crippen molar-refractivity contribution in [3.8, 4) is 0 Å². The first kappa shape index (κ1) is 16.7. The van der Waals surface area contributed by atoms with Crippen molar-refractivity contribution in [1.29, 1.82) is 0 Å². The predicted molar refractivity (Wildman–Crippen MR) is 94.1 cm³/mol. The van der Waals surface area contributed by atoms with Gasteiger partial charge in [0.05, 0.1) is 5.69 Å². The summed E-state index contributed by atoms with van der Waals surface area (Å²) in [7, 11) is 0. The van der Waals surface area contributed by atoms with E-state index < -0.39 is 5.60 Å². The van der Waals surface area contributed by atoms with Gasteiger partial charge in [0.15, 0.2) is 0 Å². The van der Waals surface area contributed by atoms with Crippen LogP contribution in [0.3, 0.4) is 0 Å². The van der Waals surface area contributed by atoms with Gasteiger partial charge in [-0.05, 0) is 49.6 Å². The highest BCUT2D eigenvalue weighted by molar-refractivity contribution is 6.30. The zero-order valence-corrected chi connectivity index (χ0v) is 14.3. The molecular formula is C18H20ClN3O2. The van der Waals surface area contributed by atoms with E-state index in [-0.39, 0.29) is 6.03 Å². The average Bonchev–Trinajstić information content (AvgIpc) is 2.56. The summed E-state index contributed by atoms with van der Waals surface area (Å²) >= 11 is 5.93. The lowest BCUT2D eigenvalue weighted by atomic mass is 9.87. The Morgan fingerprint density at radius 1 is 1.29 bits per heavy atom. The Bertz CT molecular complexity index is 725. The first-order chi connectivity index (χ1) is 11.5. The molecule has 2 N–H and O–H groups in total. The number of nitrogens with one attached hydrogen (secondary N) is 1. The van der Waals surface area contributed by atoms with E-state index in [2.05, 4.69) is 10.3 Å². The van der Waals surface area contributed by atoms with Crippen LogP contribution in [0.5, 0.6) is 0 Å². The Balaban J connectivity index is 1.62. The number of pyridine rings is 1. The molecule has 0 radical (unpaired) electrons. The van der Waals surface area contributed by atoms with E-state index in [4.69, 9.17) is 11.6 Å². The SMILES string of the molecule is Cc1ccc(C2(O)CCN(C(=O)Nc3cccc(Cl)c3)CC2)nc1. The smallest absolute Gasteiger partial charge is 0.321 e. The number of benzene rings is 1. The van der Waals surface area contributed by atoms with Crippen molar-refractivity contribution in [1.82, 2.24) is 9.88 Å². The van der Waals surface area contributed by atoms with E-state index in [1.54, 1.807) is 35.4 Å². The highest BCUT2D eigenvalue weighted by Gasteiger charge is 2.36. The lowest BCUT2D eigenvalue weighted by Gasteiger charge is -2.37. The number of urea groups is 1. The number of carbonyl (C=O) groups excluding carboxylic acids is 1. The summed E-state index contributed by atoms with van der Waals surface area (Å²) in [6, 6.07) is 10.7. The van der Waals surface area contributed by atoms with Crippen LogP contribution in [0, 0.1) is 6.92 Å². The van der Waals surface area contributed by atoms with Gasteiger partial charge in [0.1, 0.15) is 5.60 Å². The average molecular weight is 346 g/mol. The summed E-state index contributed by atoms with van der Waals surface area (Å²) in [5.41, 5.74) is 1.41. The van der Waals surface area contributed by atoms with Crippen molar-refractivity contribution in [2.45, 2.75) is 25.4 Å². The highest BCUT2D eigenvalue weighted by atomic mass is 35.5. The van der Waals surface area contributed by atoms with Gasteiger partial charge in [0.2, 0.25) is 0 Å². The molecule has 1 saturated heterocycles. The molecule has 1 aliphatic rings. The second-order valence-electron chi connectivity index (χ2n) is 6.18. The van der Waals surface area contributed by atoms with Gasteiger partial charge in [0.25, 0.3) is 0 Å². The topological polar surface area (TPSA) is 65.5 Å². The Kier molecular flexibility index (Phi) is 4.73. The Morgan fingerprint density at radius 2 is 2.04 bits per heavy atom. The number of hydrogen-bond acceptors (Lipinski definition) is 3. The molecule has 126 valence electrons. The first-order valence-electron chi connectivity index (χ1n) is 7.93. The number of nitrogens with zero attached hydrogens (tertiary/aromatic N) is 2. The molecule has 0 aliphatic carbocycles. The van der Waals surface area contributed by atoms with E-state index in [0.29, 0.717) is 42.3 Å². The fourth-order valence-corrected chi connectivity index (χ4v) is 3.04. The fourth-order valence-electron chi connectivity index (χ4n) is 2.85. The number of amides is 2. The van der Waals surface area contributed by atoms with Gasteiger partial charge in [-0.15, -0.1) is 0 Å². The molecule has 3 rings (SSSR count). The van der Waals surface area contributed by atoms with Crippen molar-refractivity contribution >= 4 is 23.3 Å². The molecule has 1 aliphatic heterocycles. The van der Waals surface area contributed by atoms with Crippen molar-refractivity contribution in [2.24, 2.45) is 0 Å². The molecule has 6 heteroatoms. The maximum atomic E-state index is 12.3. The molecule has 1 aromatic carbocycles. The minimum atomic E-state index is -0.972. The second-order valence-corrected chi connectivity index (χ2v) is 6.62. The van der Waals surface area contributed by atoms with E-state index in [1.807, 2.05) is 19.1 Å². The number of halogens is 1. The molecule has 1 aromatic heterocycles. The molecule has 5 nitrogen and oxygen atoms in total. The third-order valence-corrected chi connectivity index (χ3v) is 4.58. The third-order valence-electron chi connectivity index (χ3n) is 4.34. The maximum Gasteiger partial charge on any atom is 0.321 e. The van der Waals surface area contributed by atoms with Crippen LogP contribution in [0.4, 0.5) is 10.5 Å². The standard InChI is InChI=1S/C18H20ClN3O2/c1-13-5-6-16(20-12-13)18(24)7-9-22(10-8-18)17(23)21-15-4-2-3-14(19)11-15/h2-6,11-12,24H,7-10H2,1H3,(H,21,23). The quantitative estimate of drug-likeness (QED) is 0.874. The molecule has 0 saturated carbocycles. The number of likely N-dealkylation sites (tertiary alicyclic amines) is 1. The van der Waals surface area contributed by atoms with Gasteiger partial charge in [-0.1, -0.05) is 23.7 Å². The number of aliphatic hydroxyl groups is 1. The molecule has 0 bridgehead atoms. The number of anilines is 1. The number of aryl methyl sites for hydroxylation is 1. The van der Waals surface area contributed by atoms with Gasteiger partial charge in [0, 0.05) is 30.0 Å². The zero-order valence-electron chi connectivity index (χ0n) is 13.5. The molecule has 24 heavy (non-hydrogen) atoms. The lowest BCUT2D eigenvalue weighted by Crippen LogP contribution is -2.47. The zero-order chi connectivity index (χ0) is 17.2. The molecule has 2 amide bonds. The number of carbonyl (C=O) groups is 1. The summed E-state index contributed by atoms with van der Waals surface area (Å²) < 4.78 is 0. The summed E-state index contributed by atoms with van der Waals surface area (Å²) in [5.74, 6) is 0. The maximum absolute atomic E-state index is 12.3.